The van der Waals surface area contributed by atoms with Gasteiger partial charge >= 0.3 is 0 Å². The van der Waals surface area contributed by atoms with Gasteiger partial charge in [0, 0.05) is 5.69 Å². The zero-order valence-electron chi connectivity index (χ0n) is 11.0. The van der Waals surface area contributed by atoms with Gasteiger partial charge in [-0.1, -0.05) is 6.07 Å². The number of hydrogen-bond acceptors (Lipinski definition) is 4. The molecule has 0 radical (unpaired) electrons. The molecule has 1 aromatic heterocycles. The van der Waals surface area contributed by atoms with E-state index in [-0.39, 0.29) is 10.7 Å². The Hall–Kier alpha value is -2.15. The first-order chi connectivity index (χ1) is 9.29. The van der Waals surface area contributed by atoms with Crippen molar-refractivity contribution in [2.24, 2.45) is 0 Å². The number of sulfonamides is 1. The lowest BCUT2D eigenvalue weighted by Crippen LogP contribution is -2.16. The number of nitrogen functional groups attached to an aromatic ring is 1. The van der Waals surface area contributed by atoms with Crippen molar-refractivity contribution in [3.63, 3.8) is 0 Å². The largest absolute Gasteiger partial charge is 0.398 e. The van der Waals surface area contributed by atoms with Crippen LogP contribution in [0.15, 0.2) is 35.2 Å². The van der Waals surface area contributed by atoms with Crippen molar-refractivity contribution in [2.45, 2.75) is 18.7 Å². The van der Waals surface area contributed by atoms with Gasteiger partial charge in [0.25, 0.3) is 10.0 Å². The van der Waals surface area contributed by atoms with E-state index in [1.807, 2.05) is 0 Å². The average Bonchev–Trinajstić information content (AvgIpc) is 2.33. The van der Waals surface area contributed by atoms with Crippen molar-refractivity contribution < 1.29 is 12.8 Å². The van der Waals surface area contributed by atoms with Crippen molar-refractivity contribution in [3.05, 3.63) is 47.4 Å². The highest BCUT2D eigenvalue weighted by Crippen LogP contribution is 2.24. The van der Waals surface area contributed by atoms with Crippen LogP contribution in [0.5, 0.6) is 0 Å². The van der Waals surface area contributed by atoms with Crippen LogP contribution in [0.1, 0.15) is 11.1 Å². The fraction of sp³-hybridized carbons (Fsp3) is 0.154. The molecule has 1 heterocycles. The second-order valence-electron chi connectivity index (χ2n) is 4.43. The quantitative estimate of drug-likeness (QED) is 0.671. The molecular weight excluding hydrogens is 281 g/mol. The van der Waals surface area contributed by atoms with Crippen LogP contribution in [-0.4, -0.2) is 13.4 Å². The van der Waals surface area contributed by atoms with E-state index in [1.54, 1.807) is 19.9 Å². The van der Waals surface area contributed by atoms with Gasteiger partial charge in [-0.05, 0) is 49.2 Å². The predicted octanol–water partition coefficient (Wildman–Crippen LogP) is 2.22. The maximum absolute atomic E-state index is 13.0. The first kappa shape index (κ1) is 14.3. The van der Waals surface area contributed by atoms with Crippen LogP contribution in [0.4, 0.5) is 15.9 Å². The summed E-state index contributed by atoms with van der Waals surface area (Å²) < 4.78 is 39.8. The Morgan fingerprint density at radius 1 is 1.25 bits per heavy atom. The van der Waals surface area contributed by atoms with Crippen molar-refractivity contribution in [1.82, 2.24) is 4.98 Å². The van der Waals surface area contributed by atoms with E-state index < -0.39 is 16.0 Å². The van der Waals surface area contributed by atoms with Gasteiger partial charge in [-0.3, -0.25) is 4.72 Å². The minimum atomic E-state index is -3.86. The topological polar surface area (TPSA) is 85.1 Å². The molecule has 0 saturated carbocycles. The molecule has 0 aliphatic heterocycles. The average molecular weight is 295 g/mol. The van der Waals surface area contributed by atoms with Gasteiger partial charge < -0.3 is 5.73 Å². The number of pyridine rings is 1. The summed E-state index contributed by atoms with van der Waals surface area (Å²) in [5, 5.41) is 0. The smallest absolute Gasteiger partial charge is 0.263 e. The van der Waals surface area contributed by atoms with Crippen LogP contribution in [-0.2, 0) is 10.0 Å². The number of aromatic nitrogens is 1. The van der Waals surface area contributed by atoms with Crippen LogP contribution in [0.2, 0.25) is 0 Å². The fourth-order valence-corrected chi connectivity index (χ4v) is 3.15. The Labute approximate surface area is 116 Å². The second-order valence-corrected chi connectivity index (χ2v) is 6.08. The molecule has 7 heteroatoms. The number of anilines is 2. The maximum atomic E-state index is 13.0. The molecule has 2 aromatic rings. The lowest BCUT2D eigenvalue weighted by molar-refractivity contribution is 0.584. The second kappa shape index (κ2) is 5.09. The Balaban J connectivity index is 2.46. The number of benzene rings is 1. The van der Waals surface area contributed by atoms with Crippen molar-refractivity contribution >= 4 is 21.5 Å². The molecule has 0 aliphatic carbocycles. The molecular formula is C13H14FN3O2S. The summed E-state index contributed by atoms with van der Waals surface area (Å²) in [7, 11) is -3.86. The zero-order chi connectivity index (χ0) is 14.9. The van der Waals surface area contributed by atoms with Gasteiger partial charge in [0.05, 0.1) is 4.90 Å². The molecule has 2 rings (SSSR count). The standard InChI is InChI=1S/C13H14FN3O2S/c1-8-6-10(15)9(2)11(7-8)20(18,19)17-13-5-3-4-12(14)16-13/h3-7H,15H2,1-2H3,(H,16,17). The summed E-state index contributed by atoms with van der Waals surface area (Å²) in [6.07, 6.45) is 0. The Morgan fingerprint density at radius 2 is 1.95 bits per heavy atom. The molecule has 0 amide bonds. The predicted molar refractivity (Wildman–Crippen MR) is 75.3 cm³/mol. The molecule has 0 bridgehead atoms. The molecule has 5 nitrogen and oxygen atoms in total. The lowest BCUT2D eigenvalue weighted by atomic mass is 10.1. The molecule has 1 aromatic carbocycles. The van der Waals surface area contributed by atoms with E-state index in [4.69, 9.17) is 5.73 Å². The maximum Gasteiger partial charge on any atom is 0.263 e. The number of aryl methyl sites for hydroxylation is 1. The number of hydrogen-bond donors (Lipinski definition) is 2. The van der Waals surface area contributed by atoms with Gasteiger partial charge in [0.1, 0.15) is 5.82 Å². The summed E-state index contributed by atoms with van der Waals surface area (Å²) in [5.41, 5.74) is 7.32. The van der Waals surface area contributed by atoms with Gasteiger partial charge in [-0.15, -0.1) is 0 Å². The number of rotatable bonds is 3. The fourth-order valence-electron chi connectivity index (χ4n) is 1.79. The lowest BCUT2D eigenvalue weighted by Gasteiger charge is -2.12. The molecule has 0 atom stereocenters. The van der Waals surface area contributed by atoms with Crippen molar-refractivity contribution in [1.29, 1.82) is 0 Å². The molecule has 0 saturated heterocycles. The van der Waals surface area contributed by atoms with Crippen LogP contribution in [0.25, 0.3) is 0 Å². The van der Waals surface area contributed by atoms with E-state index in [0.717, 1.165) is 11.6 Å². The molecule has 20 heavy (non-hydrogen) atoms. The van der Waals surface area contributed by atoms with Crippen LogP contribution >= 0.6 is 0 Å². The first-order valence-corrected chi connectivity index (χ1v) is 7.30. The monoisotopic (exact) mass is 295 g/mol. The summed E-state index contributed by atoms with van der Waals surface area (Å²) in [6.45, 7) is 3.36. The number of nitrogens with two attached hydrogens (primary N) is 1. The molecule has 106 valence electrons. The highest BCUT2D eigenvalue weighted by Gasteiger charge is 2.19. The molecule has 0 unspecified atom stereocenters. The number of halogens is 1. The van der Waals surface area contributed by atoms with E-state index >= 15 is 0 Å². The third-order valence-electron chi connectivity index (χ3n) is 2.79. The molecule has 0 aliphatic rings. The summed E-state index contributed by atoms with van der Waals surface area (Å²) >= 11 is 0. The first-order valence-electron chi connectivity index (χ1n) is 5.82. The minimum absolute atomic E-state index is 0.0565. The minimum Gasteiger partial charge on any atom is -0.398 e. The van der Waals surface area contributed by atoms with E-state index in [2.05, 4.69) is 9.71 Å². The van der Waals surface area contributed by atoms with E-state index in [1.165, 1.54) is 18.2 Å². The SMILES string of the molecule is Cc1cc(N)c(C)c(S(=O)(=O)Nc2cccc(F)n2)c1. The van der Waals surface area contributed by atoms with Crippen LogP contribution < -0.4 is 10.5 Å². The summed E-state index contributed by atoms with van der Waals surface area (Å²) in [6, 6.07) is 7.07. The number of nitrogens with one attached hydrogen (secondary N) is 1. The van der Waals surface area contributed by atoms with Gasteiger partial charge in [-0.25, -0.2) is 13.4 Å². The molecule has 3 N–H and O–H groups in total. The van der Waals surface area contributed by atoms with Crippen LogP contribution in [0.3, 0.4) is 0 Å². The van der Waals surface area contributed by atoms with Crippen LogP contribution in [0, 0.1) is 19.8 Å². The molecule has 0 spiro atoms. The van der Waals surface area contributed by atoms with E-state index in [9.17, 15) is 12.8 Å². The van der Waals surface area contributed by atoms with Gasteiger partial charge in [-0.2, -0.15) is 4.39 Å². The third-order valence-corrected chi connectivity index (χ3v) is 4.27. The molecule has 0 fully saturated rings. The van der Waals surface area contributed by atoms with Gasteiger partial charge in [0.15, 0.2) is 0 Å². The summed E-state index contributed by atoms with van der Waals surface area (Å²) in [4.78, 5) is 3.53. The van der Waals surface area contributed by atoms with Crippen molar-refractivity contribution in [3.8, 4) is 0 Å². The summed E-state index contributed by atoms with van der Waals surface area (Å²) in [5.74, 6) is -0.838. The Morgan fingerprint density at radius 3 is 2.60 bits per heavy atom. The highest BCUT2D eigenvalue weighted by molar-refractivity contribution is 7.92. The highest BCUT2D eigenvalue weighted by atomic mass is 32.2. The zero-order valence-corrected chi connectivity index (χ0v) is 11.8. The van der Waals surface area contributed by atoms with E-state index in [0.29, 0.717) is 11.3 Å². The van der Waals surface area contributed by atoms with Gasteiger partial charge in [0.2, 0.25) is 5.95 Å². The van der Waals surface area contributed by atoms with Crippen molar-refractivity contribution in [2.75, 3.05) is 10.5 Å². The Kier molecular flexibility index (Phi) is 3.63. The third kappa shape index (κ3) is 2.88. The Bertz CT molecular complexity index is 760. The number of nitrogens with zero attached hydrogens (tertiary/aromatic N) is 1. The normalized spacial score (nSPS) is 11.3.